The zero-order valence-corrected chi connectivity index (χ0v) is 20.4. The molecule has 1 N–H and O–H groups in total. The molecule has 3 aromatic rings. The lowest BCUT2D eigenvalue weighted by atomic mass is 9.85. The topological polar surface area (TPSA) is 93.1 Å². The molecule has 3 aromatic heterocycles. The molecule has 0 radical (unpaired) electrons. The number of aryl methyl sites for hydroxylation is 2. The molecule has 5 rings (SSSR count). The van der Waals surface area contributed by atoms with Crippen LogP contribution in [0.5, 0.6) is 5.88 Å². The van der Waals surface area contributed by atoms with E-state index in [2.05, 4.69) is 33.3 Å². The molecular formula is C26H29FN6O2. The van der Waals surface area contributed by atoms with E-state index in [0.29, 0.717) is 23.8 Å². The van der Waals surface area contributed by atoms with Gasteiger partial charge in [-0.25, -0.2) is 24.3 Å². The summed E-state index contributed by atoms with van der Waals surface area (Å²) in [7, 11) is 1.47. The number of nitrogens with one attached hydrogen (secondary N) is 1. The third kappa shape index (κ3) is 4.19. The van der Waals surface area contributed by atoms with Crippen LogP contribution in [0.2, 0.25) is 0 Å². The van der Waals surface area contributed by atoms with Crippen LogP contribution in [0.3, 0.4) is 0 Å². The Labute approximate surface area is 204 Å². The normalized spacial score (nSPS) is 22.0. The average Bonchev–Trinajstić information content (AvgIpc) is 3.18. The Hall–Kier alpha value is -3.62. The van der Waals surface area contributed by atoms with Gasteiger partial charge in [-0.3, -0.25) is 4.79 Å². The second-order valence-electron chi connectivity index (χ2n) is 9.60. The number of ether oxygens (including phenoxy) is 1. The SMILES string of the molecule is COc1cc([C@@H](C)C(=O)N2C[C@@]3(CCc4cc(-c5ncccn5)c(C)nc4N3)C[C@@H]2C)c(F)cn1. The van der Waals surface area contributed by atoms with Crippen LogP contribution in [0, 0.1) is 12.7 Å². The van der Waals surface area contributed by atoms with Crippen LogP contribution in [0.25, 0.3) is 11.4 Å². The number of carbonyl (C=O) groups excluding carboxylic acids is 1. The monoisotopic (exact) mass is 476 g/mol. The lowest BCUT2D eigenvalue weighted by molar-refractivity contribution is -0.133. The number of halogens is 1. The number of rotatable bonds is 4. The van der Waals surface area contributed by atoms with Gasteiger partial charge in [0.15, 0.2) is 5.82 Å². The molecule has 2 aliphatic rings. The smallest absolute Gasteiger partial charge is 0.230 e. The van der Waals surface area contributed by atoms with Crippen molar-refractivity contribution in [3.05, 3.63) is 59.4 Å². The molecule has 1 spiro atoms. The summed E-state index contributed by atoms with van der Waals surface area (Å²) >= 11 is 0. The maximum atomic E-state index is 14.5. The molecule has 3 atom stereocenters. The summed E-state index contributed by atoms with van der Waals surface area (Å²) in [6.45, 7) is 6.29. The van der Waals surface area contributed by atoms with Gasteiger partial charge in [0.2, 0.25) is 11.8 Å². The fraction of sp³-hybridized carbons (Fsp3) is 0.423. The van der Waals surface area contributed by atoms with E-state index >= 15 is 0 Å². The molecule has 0 saturated carbocycles. The van der Waals surface area contributed by atoms with Gasteiger partial charge in [-0.05, 0) is 57.7 Å². The summed E-state index contributed by atoms with van der Waals surface area (Å²) in [6, 6.07) is 5.44. The minimum Gasteiger partial charge on any atom is -0.481 e. The van der Waals surface area contributed by atoms with Crippen molar-refractivity contribution in [3.63, 3.8) is 0 Å². The quantitative estimate of drug-likeness (QED) is 0.610. The van der Waals surface area contributed by atoms with E-state index in [1.54, 1.807) is 25.4 Å². The van der Waals surface area contributed by atoms with Gasteiger partial charge in [0.25, 0.3) is 0 Å². The number of anilines is 1. The van der Waals surface area contributed by atoms with E-state index in [1.165, 1.54) is 13.2 Å². The van der Waals surface area contributed by atoms with Crippen LogP contribution in [-0.4, -0.2) is 56.0 Å². The summed E-state index contributed by atoms with van der Waals surface area (Å²) in [5.74, 6) is 0.563. The molecule has 1 fully saturated rings. The molecule has 1 amide bonds. The Balaban J connectivity index is 1.37. The number of hydrogen-bond donors (Lipinski definition) is 1. The molecule has 8 nitrogen and oxygen atoms in total. The minimum absolute atomic E-state index is 0.0175. The molecule has 2 aliphatic heterocycles. The van der Waals surface area contributed by atoms with Crippen molar-refractivity contribution in [2.75, 3.05) is 19.0 Å². The maximum Gasteiger partial charge on any atom is 0.230 e. The molecule has 5 heterocycles. The molecule has 35 heavy (non-hydrogen) atoms. The molecule has 0 aliphatic carbocycles. The average molecular weight is 477 g/mol. The van der Waals surface area contributed by atoms with Gasteiger partial charge in [0, 0.05) is 42.2 Å². The van der Waals surface area contributed by atoms with Gasteiger partial charge in [-0.2, -0.15) is 0 Å². The number of amides is 1. The van der Waals surface area contributed by atoms with E-state index in [-0.39, 0.29) is 17.5 Å². The first-order valence-corrected chi connectivity index (χ1v) is 11.9. The van der Waals surface area contributed by atoms with Gasteiger partial charge in [0.1, 0.15) is 11.6 Å². The zero-order valence-electron chi connectivity index (χ0n) is 20.4. The van der Waals surface area contributed by atoms with Crippen molar-refractivity contribution in [2.45, 2.75) is 57.5 Å². The summed E-state index contributed by atoms with van der Waals surface area (Å²) in [6.07, 6.45) is 7.09. The van der Waals surface area contributed by atoms with Crippen molar-refractivity contribution in [3.8, 4) is 17.3 Å². The highest BCUT2D eigenvalue weighted by atomic mass is 19.1. The van der Waals surface area contributed by atoms with Crippen molar-refractivity contribution in [2.24, 2.45) is 0 Å². The number of fused-ring (bicyclic) bond motifs is 1. The molecular weight excluding hydrogens is 447 g/mol. The Morgan fingerprint density at radius 3 is 2.80 bits per heavy atom. The van der Waals surface area contributed by atoms with Crippen LogP contribution >= 0.6 is 0 Å². The number of nitrogens with zero attached hydrogens (tertiary/aromatic N) is 5. The van der Waals surface area contributed by atoms with Crippen LogP contribution in [-0.2, 0) is 11.2 Å². The predicted molar refractivity (Wildman–Crippen MR) is 130 cm³/mol. The highest BCUT2D eigenvalue weighted by molar-refractivity contribution is 5.84. The summed E-state index contributed by atoms with van der Waals surface area (Å²) in [4.78, 5) is 32.8. The summed E-state index contributed by atoms with van der Waals surface area (Å²) in [5.41, 5.74) is 2.95. The van der Waals surface area contributed by atoms with E-state index in [0.717, 1.165) is 48.1 Å². The van der Waals surface area contributed by atoms with Crippen LogP contribution in [0.1, 0.15) is 49.4 Å². The van der Waals surface area contributed by atoms with Gasteiger partial charge < -0.3 is 15.0 Å². The van der Waals surface area contributed by atoms with Crippen LogP contribution < -0.4 is 10.1 Å². The standard InChI is InChI=1S/C26H29FN6O2/c1-15-12-26(14-33(15)25(34)16(2)19-11-22(35-4)30-13-21(19)27)7-6-18-10-20(17(3)31-23(18)32-26)24-28-8-5-9-29-24/h5,8-11,13,15-16H,6-7,12,14H2,1-4H3,(H,31,32)/t15-,16+,26+/m0/s1. The highest BCUT2D eigenvalue weighted by Gasteiger charge is 2.47. The Morgan fingerprint density at radius 1 is 1.29 bits per heavy atom. The van der Waals surface area contributed by atoms with E-state index in [4.69, 9.17) is 9.72 Å². The Morgan fingerprint density at radius 2 is 2.06 bits per heavy atom. The maximum absolute atomic E-state index is 14.5. The van der Waals surface area contributed by atoms with E-state index in [1.807, 2.05) is 11.8 Å². The van der Waals surface area contributed by atoms with Gasteiger partial charge in [-0.1, -0.05) is 0 Å². The lowest BCUT2D eigenvalue weighted by Crippen LogP contribution is -2.46. The number of methoxy groups -OCH3 is 1. The molecule has 0 unspecified atom stereocenters. The fourth-order valence-corrected chi connectivity index (χ4v) is 5.35. The minimum atomic E-state index is -0.644. The Bertz CT molecular complexity index is 1270. The number of hydrogen-bond acceptors (Lipinski definition) is 7. The van der Waals surface area contributed by atoms with Crippen molar-refractivity contribution in [1.29, 1.82) is 0 Å². The molecule has 1 saturated heterocycles. The molecule has 0 bridgehead atoms. The molecule has 0 aromatic carbocycles. The number of pyridine rings is 2. The summed E-state index contributed by atoms with van der Waals surface area (Å²) < 4.78 is 19.6. The van der Waals surface area contributed by atoms with E-state index in [9.17, 15) is 9.18 Å². The van der Waals surface area contributed by atoms with Gasteiger partial charge >= 0.3 is 0 Å². The molecule has 182 valence electrons. The number of carbonyl (C=O) groups is 1. The number of likely N-dealkylation sites (tertiary alicyclic amines) is 1. The Kier molecular flexibility index (Phi) is 5.86. The molecule has 9 heteroatoms. The van der Waals surface area contributed by atoms with Gasteiger partial charge in [-0.15, -0.1) is 0 Å². The van der Waals surface area contributed by atoms with Crippen LogP contribution in [0.15, 0.2) is 36.8 Å². The first-order chi connectivity index (χ1) is 16.8. The van der Waals surface area contributed by atoms with Crippen molar-refractivity contribution < 1.29 is 13.9 Å². The first-order valence-electron chi connectivity index (χ1n) is 11.9. The zero-order chi connectivity index (χ0) is 24.7. The van der Waals surface area contributed by atoms with Crippen LogP contribution in [0.4, 0.5) is 10.2 Å². The first kappa shape index (κ1) is 23.1. The van der Waals surface area contributed by atoms with Crippen molar-refractivity contribution >= 4 is 11.7 Å². The third-order valence-corrected chi connectivity index (χ3v) is 7.24. The third-order valence-electron chi connectivity index (χ3n) is 7.24. The van der Waals surface area contributed by atoms with E-state index < -0.39 is 11.7 Å². The number of aromatic nitrogens is 4. The second kappa shape index (κ2) is 8.87. The summed E-state index contributed by atoms with van der Waals surface area (Å²) in [5, 5.41) is 3.67. The van der Waals surface area contributed by atoms with Gasteiger partial charge in [0.05, 0.1) is 30.5 Å². The predicted octanol–water partition coefficient (Wildman–Crippen LogP) is 3.91. The fourth-order valence-electron chi connectivity index (χ4n) is 5.35. The lowest BCUT2D eigenvalue weighted by Gasteiger charge is -2.36. The van der Waals surface area contributed by atoms with Crippen molar-refractivity contribution in [1.82, 2.24) is 24.8 Å². The highest BCUT2D eigenvalue weighted by Crippen LogP contribution is 2.41. The largest absolute Gasteiger partial charge is 0.481 e. The second-order valence-corrected chi connectivity index (χ2v) is 9.60.